The lowest BCUT2D eigenvalue weighted by Crippen LogP contribution is -2.04. The second kappa shape index (κ2) is 4.23. The number of ether oxygens (including phenoxy) is 3. The van der Waals surface area contributed by atoms with Crippen molar-refractivity contribution in [1.82, 2.24) is 0 Å². The average molecular weight is 158 g/mol. The molecule has 0 aromatic rings. The Labute approximate surface area is 66.9 Å². The fourth-order valence-electron chi connectivity index (χ4n) is 0.813. The van der Waals surface area contributed by atoms with Crippen LogP contribution >= 0.6 is 0 Å². The van der Waals surface area contributed by atoms with Gasteiger partial charge in [0.25, 0.3) is 0 Å². The lowest BCUT2D eigenvalue weighted by molar-refractivity contribution is 0.0638. The molecule has 0 saturated heterocycles. The van der Waals surface area contributed by atoms with Gasteiger partial charge in [0.05, 0.1) is 13.2 Å². The van der Waals surface area contributed by atoms with Crippen LogP contribution in [0.15, 0.2) is 11.5 Å². The Kier molecular flexibility index (Phi) is 3.23. The topological polar surface area (TPSA) is 27.7 Å². The Bertz CT molecular complexity index is 135. The minimum absolute atomic E-state index is 0.618. The van der Waals surface area contributed by atoms with Gasteiger partial charge in [0.2, 0.25) is 0 Å². The lowest BCUT2D eigenvalue weighted by Gasteiger charge is -2.07. The number of hydrogen-bond donors (Lipinski definition) is 0. The zero-order chi connectivity index (χ0) is 8.10. The fraction of sp³-hybridized carbons (Fsp3) is 0.750. The van der Waals surface area contributed by atoms with Crippen LogP contribution in [0, 0.1) is 0 Å². The summed E-state index contributed by atoms with van der Waals surface area (Å²) in [5, 5.41) is 0. The van der Waals surface area contributed by atoms with Crippen molar-refractivity contribution in [3.05, 3.63) is 11.5 Å². The summed E-state index contributed by atoms with van der Waals surface area (Å²) in [7, 11) is 0. The maximum Gasteiger partial charge on any atom is 0.130 e. The van der Waals surface area contributed by atoms with Crippen molar-refractivity contribution < 1.29 is 14.2 Å². The quantitative estimate of drug-likeness (QED) is 0.532. The molecular weight excluding hydrogens is 144 g/mol. The summed E-state index contributed by atoms with van der Waals surface area (Å²) >= 11 is 0. The molecule has 1 heterocycles. The number of rotatable bonds is 0. The van der Waals surface area contributed by atoms with Crippen LogP contribution in [0.5, 0.6) is 0 Å². The van der Waals surface area contributed by atoms with E-state index in [4.69, 9.17) is 14.2 Å². The van der Waals surface area contributed by atoms with Crippen molar-refractivity contribution in [3.8, 4) is 0 Å². The molecule has 0 unspecified atom stereocenters. The fourth-order valence-corrected chi connectivity index (χ4v) is 0.813. The second-order valence-corrected chi connectivity index (χ2v) is 2.42. The summed E-state index contributed by atoms with van der Waals surface area (Å²) in [5.41, 5.74) is 0. The van der Waals surface area contributed by atoms with Gasteiger partial charge in [-0.25, -0.2) is 0 Å². The van der Waals surface area contributed by atoms with E-state index >= 15 is 0 Å². The molecule has 3 nitrogen and oxygen atoms in total. The van der Waals surface area contributed by atoms with Crippen molar-refractivity contribution in [2.45, 2.75) is 13.8 Å². The van der Waals surface area contributed by atoms with Gasteiger partial charge in [0, 0.05) is 0 Å². The molecule has 0 spiro atoms. The Morgan fingerprint density at radius 3 is 1.73 bits per heavy atom. The van der Waals surface area contributed by atoms with Gasteiger partial charge >= 0.3 is 0 Å². The summed E-state index contributed by atoms with van der Waals surface area (Å²) in [6.45, 7) is 6.34. The van der Waals surface area contributed by atoms with E-state index < -0.39 is 0 Å². The third-order valence-electron chi connectivity index (χ3n) is 1.59. The van der Waals surface area contributed by atoms with E-state index in [-0.39, 0.29) is 0 Å². The van der Waals surface area contributed by atoms with Crippen molar-refractivity contribution in [2.75, 3.05) is 26.4 Å². The molecule has 0 atom stereocenters. The largest absolute Gasteiger partial charge is 0.492 e. The molecule has 0 fully saturated rings. The molecule has 11 heavy (non-hydrogen) atoms. The minimum atomic E-state index is 0.618. The van der Waals surface area contributed by atoms with Crippen LogP contribution in [-0.4, -0.2) is 26.4 Å². The van der Waals surface area contributed by atoms with Gasteiger partial charge in [-0.3, -0.25) is 0 Å². The van der Waals surface area contributed by atoms with Gasteiger partial charge in [-0.1, -0.05) is 0 Å². The number of allylic oxidation sites excluding steroid dienone is 2. The van der Waals surface area contributed by atoms with E-state index in [1.807, 2.05) is 13.8 Å². The van der Waals surface area contributed by atoms with Gasteiger partial charge in [-0.2, -0.15) is 0 Å². The van der Waals surface area contributed by atoms with Crippen LogP contribution in [0.1, 0.15) is 13.8 Å². The van der Waals surface area contributed by atoms with E-state index in [0.717, 1.165) is 11.5 Å². The van der Waals surface area contributed by atoms with Crippen LogP contribution in [0.25, 0.3) is 0 Å². The summed E-state index contributed by atoms with van der Waals surface area (Å²) in [6, 6.07) is 0. The molecule has 0 amide bonds. The van der Waals surface area contributed by atoms with Crippen molar-refractivity contribution >= 4 is 0 Å². The third-order valence-corrected chi connectivity index (χ3v) is 1.59. The smallest absolute Gasteiger partial charge is 0.130 e. The SMILES string of the molecule is C/C1=C(\C)OCCOCCO1. The first kappa shape index (κ1) is 8.40. The van der Waals surface area contributed by atoms with Gasteiger partial charge < -0.3 is 14.2 Å². The van der Waals surface area contributed by atoms with Gasteiger partial charge in [-0.15, -0.1) is 0 Å². The first-order valence-corrected chi connectivity index (χ1v) is 3.81. The van der Waals surface area contributed by atoms with Crippen molar-refractivity contribution in [3.63, 3.8) is 0 Å². The molecule has 0 N–H and O–H groups in total. The normalized spacial score (nSPS) is 27.5. The second-order valence-electron chi connectivity index (χ2n) is 2.42. The molecule has 0 aromatic heterocycles. The van der Waals surface area contributed by atoms with Gasteiger partial charge in [0.15, 0.2) is 0 Å². The van der Waals surface area contributed by atoms with Gasteiger partial charge in [-0.05, 0) is 13.8 Å². The highest BCUT2D eigenvalue weighted by Crippen LogP contribution is 2.07. The summed E-state index contributed by atoms with van der Waals surface area (Å²) in [5.74, 6) is 1.71. The first-order valence-electron chi connectivity index (χ1n) is 3.81. The minimum Gasteiger partial charge on any atom is -0.492 e. The van der Waals surface area contributed by atoms with Crippen LogP contribution in [0.4, 0.5) is 0 Å². The van der Waals surface area contributed by atoms with E-state index in [9.17, 15) is 0 Å². The van der Waals surface area contributed by atoms with Crippen molar-refractivity contribution in [2.24, 2.45) is 0 Å². The Balaban J connectivity index is 2.47. The lowest BCUT2D eigenvalue weighted by atomic mass is 10.4. The van der Waals surface area contributed by atoms with Crippen LogP contribution in [0.2, 0.25) is 0 Å². The summed E-state index contributed by atoms with van der Waals surface area (Å²) in [6.07, 6.45) is 0. The molecular formula is C8H14O3. The van der Waals surface area contributed by atoms with E-state index in [1.165, 1.54) is 0 Å². The summed E-state index contributed by atoms with van der Waals surface area (Å²) in [4.78, 5) is 0. The Morgan fingerprint density at radius 2 is 1.27 bits per heavy atom. The van der Waals surface area contributed by atoms with Crippen LogP contribution in [-0.2, 0) is 14.2 Å². The first-order chi connectivity index (χ1) is 5.30. The molecule has 0 aromatic carbocycles. The predicted octanol–water partition coefficient (Wildman–Crippen LogP) is 1.30. The number of hydrogen-bond acceptors (Lipinski definition) is 3. The monoisotopic (exact) mass is 158 g/mol. The molecule has 0 saturated carbocycles. The molecule has 1 rings (SSSR count). The third kappa shape index (κ3) is 2.80. The molecule has 0 radical (unpaired) electrons. The predicted molar refractivity (Wildman–Crippen MR) is 41.1 cm³/mol. The van der Waals surface area contributed by atoms with E-state index in [1.54, 1.807) is 0 Å². The van der Waals surface area contributed by atoms with E-state index in [2.05, 4.69) is 0 Å². The standard InChI is InChI=1S/C8H14O3/c1-7-8(2)11-6-4-9-3-5-10-7/h3-6H2,1-2H3/b8-7-. The zero-order valence-corrected chi connectivity index (χ0v) is 7.05. The molecule has 1 aliphatic rings. The Morgan fingerprint density at radius 1 is 0.818 bits per heavy atom. The van der Waals surface area contributed by atoms with Crippen LogP contribution < -0.4 is 0 Å². The van der Waals surface area contributed by atoms with Crippen LogP contribution in [0.3, 0.4) is 0 Å². The molecule has 0 aliphatic carbocycles. The average Bonchev–Trinajstić information content (AvgIpc) is 2.07. The molecule has 3 heteroatoms. The molecule has 1 aliphatic heterocycles. The zero-order valence-electron chi connectivity index (χ0n) is 7.05. The molecule has 0 bridgehead atoms. The maximum atomic E-state index is 5.30. The van der Waals surface area contributed by atoms with Gasteiger partial charge in [0.1, 0.15) is 24.7 Å². The van der Waals surface area contributed by atoms with Crippen molar-refractivity contribution in [1.29, 1.82) is 0 Å². The van der Waals surface area contributed by atoms with E-state index in [0.29, 0.717) is 26.4 Å². The highest BCUT2D eigenvalue weighted by atomic mass is 16.6. The highest BCUT2D eigenvalue weighted by molar-refractivity contribution is 4.94. The highest BCUT2D eigenvalue weighted by Gasteiger charge is 2.02. The Hall–Kier alpha value is -0.700. The summed E-state index contributed by atoms with van der Waals surface area (Å²) < 4.78 is 15.8. The maximum absolute atomic E-state index is 5.30. The molecule has 64 valence electrons.